The molecule has 0 fully saturated rings. The van der Waals surface area contributed by atoms with Crippen LogP contribution >= 0.6 is 11.6 Å². The lowest BCUT2D eigenvalue weighted by Gasteiger charge is -2.14. The first-order valence-corrected chi connectivity index (χ1v) is 16.9. The van der Waals surface area contributed by atoms with Crippen LogP contribution in [0.4, 0.5) is 15.9 Å². The maximum Gasteiger partial charge on any atom is 0.218 e. The van der Waals surface area contributed by atoms with E-state index in [0.717, 1.165) is 48.0 Å². The van der Waals surface area contributed by atoms with Gasteiger partial charge in [-0.25, -0.2) is 19.3 Å². The first-order valence-electron chi connectivity index (χ1n) is 16.5. The Hall–Kier alpha value is -5.25. The van der Waals surface area contributed by atoms with Crippen LogP contribution in [0, 0.1) is 12.7 Å². The highest BCUT2D eigenvalue weighted by Crippen LogP contribution is 2.36. The summed E-state index contributed by atoms with van der Waals surface area (Å²) in [6.45, 7) is 4.17. The molecule has 8 nitrogen and oxygen atoms in total. The van der Waals surface area contributed by atoms with Crippen LogP contribution in [0.3, 0.4) is 0 Å². The Morgan fingerprint density at radius 3 is 2.44 bits per heavy atom. The lowest BCUT2D eigenvalue weighted by molar-refractivity contribution is 0.285. The number of halogens is 2. The number of fused-ring (bicyclic) bond motifs is 1. The van der Waals surface area contributed by atoms with E-state index in [2.05, 4.69) is 82.1 Å². The van der Waals surface area contributed by atoms with Crippen LogP contribution in [0.5, 0.6) is 17.4 Å². The molecule has 0 bridgehead atoms. The lowest BCUT2D eigenvalue weighted by atomic mass is 9.94. The summed E-state index contributed by atoms with van der Waals surface area (Å²) in [6, 6.07) is 29.0. The molecule has 0 aliphatic heterocycles. The third kappa shape index (κ3) is 8.13. The monoisotopic (exact) mass is 691 g/mol. The molecular formula is C40H39ClFN5O3. The zero-order valence-corrected chi connectivity index (χ0v) is 29.1. The van der Waals surface area contributed by atoms with Crippen LogP contribution in [0.2, 0.25) is 5.02 Å². The number of nitrogens with zero attached hydrogens (tertiary/aromatic N) is 3. The van der Waals surface area contributed by atoms with E-state index in [1.54, 1.807) is 20.3 Å². The van der Waals surface area contributed by atoms with Crippen molar-refractivity contribution >= 4 is 34.0 Å². The first kappa shape index (κ1) is 34.6. The molecule has 2 N–H and O–H groups in total. The van der Waals surface area contributed by atoms with E-state index in [0.29, 0.717) is 47.6 Å². The van der Waals surface area contributed by atoms with Gasteiger partial charge in [-0.3, -0.25) is 0 Å². The number of pyridine rings is 1. The summed E-state index contributed by atoms with van der Waals surface area (Å²) in [5.41, 5.74) is 7.85. The Balaban J connectivity index is 0.999. The molecule has 6 aromatic rings. The lowest BCUT2D eigenvalue weighted by Crippen LogP contribution is -2.16. The topological polar surface area (TPSA) is 90.4 Å². The number of unbranched alkanes of at least 4 members (excludes halogenated alkanes) is 2. The summed E-state index contributed by atoms with van der Waals surface area (Å²) in [4.78, 5) is 13.6. The summed E-state index contributed by atoms with van der Waals surface area (Å²) in [7, 11) is 3.27. The number of rotatable bonds is 15. The van der Waals surface area contributed by atoms with E-state index in [4.69, 9.17) is 30.8 Å². The minimum Gasteiger partial charge on any atom is -0.493 e. The van der Waals surface area contributed by atoms with Crippen LogP contribution in [-0.2, 0) is 6.54 Å². The van der Waals surface area contributed by atoms with Gasteiger partial charge < -0.3 is 24.8 Å². The summed E-state index contributed by atoms with van der Waals surface area (Å²) in [6.07, 6.45) is 4.29. The van der Waals surface area contributed by atoms with Crippen molar-refractivity contribution in [1.82, 2.24) is 20.3 Å². The molecule has 2 aromatic heterocycles. The molecule has 0 aliphatic rings. The fraction of sp³-hybridized carbons (Fsp3) is 0.225. The van der Waals surface area contributed by atoms with Gasteiger partial charge in [-0.05, 0) is 79.8 Å². The number of nitrogens with one attached hydrogen (secondary N) is 2. The van der Waals surface area contributed by atoms with E-state index in [1.165, 1.54) is 35.2 Å². The van der Waals surface area contributed by atoms with Crippen molar-refractivity contribution in [2.45, 2.75) is 32.7 Å². The van der Waals surface area contributed by atoms with Gasteiger partial charge in [0.25, 0.3) is 0 Å². The van der Waals surface area contributed by atoms with Crippen LogP contribution < -0.4 is 24.8 Å². The van der Waals surface area contributed by atoms with E-state index >= 15 is 0 Å². The fourth-order valence-corrected chi connectivity index (χ4v) is 6.04. The van der Waals surface area contributed by atoms with Crippen LogP contribution in [0.1, 0.15) is 30.4 Å². The number of aromatic nitrogens is 3. The molecule has 10 heteroatoms. The standard InChI is InChI=1S/C40H39ClFN5O3/c1-26-30(27-11-6-4-7-12-27)13-10-14-31(26)35-18-15-28(40(47-35)49-3)24-43-19-8-5-9-20-50-38-22-32-36(23-37(38)48-2)44-25-45-39(32)46-29-16-17-34(42)33(41)21-29/h4,6-7,10-18,21-23,25,43H,5,8-9,19-20,24H2,1-3H3,(H,44,45,46). The van der Waals surface area contributed by atoms with Gasteiger partial charge in [0, 0.05) is 34.8 Å². The predicted octanol–water partition coefficient (Wildman–Crippen LogP) is 9.56. The van der Waals surface area contributed by atoms with Gasteiger partial charge in [0.1, 0.15) is 18.0 Å². The van der Waals surface area contributed by atoms with Gasteiger partial charge in [0.05, 0.1) is 37.1 Å². The zero-order chi connectivity index (χ0) is 34.9. The second-order valence-corrected chi connectivity index (χ2v) is 12.2. The fourth-order valence-electron chi connectivity index (χ4n) is 5.85. The highest BCUT2D eigenvalue weighted by Gasteiger charge is 2.14. The average Bonchev–Trinajstić information content (AvgIpc) is 3.14. The number of hydrogen-bond donors (Lipinski definition) is 2. The summed E-state index contributed by atoms with van der Waals surface area (Å²) in [5.74, 6) is 1.87. The second kappa shape index (κ2) is 16.4. The Labute approximate surface area is 296 Å². The third-order valence-corrected chi connectivity index (χ3v) is 8.79. The van der Waals surface area contributed by atoms with Gasteiger partial charge in [-0.2, -0.15) is 0 Å². The van der Waals surface area contributed by atoms with Crippen molar-refractivity contribution in [2.24, 2.45) is 0 Å². The number of hydrogen-bond acceptors (Lipinski definition) is 8. The number of anilines is 2. The van der Waals surface area contributed by atoms with Crippen molar-refractivity contribution in [2.75, 3.05) is 32.7 Å². The summed E-state index contributed by atoms with van der Waals surface area (Å²) >= 11 is 5.97. The quantitative estimate of drug-likeness (QED) is 0.103. The van der Waals surface area contributed by atoms with Crippen molar-refractivity contribution in [3.63, 3.8) is 0 Å². The molecule has 0 spiro atoms. The van der Waals surface area contributed by atoms with E-state index in [9.17, 15) is 4.39 Å². The Kier molecular flexibility index (Phi) is 11.4. The maximum absolute atomic E-state index is 13.7. The number of methoxy groups -OCH3 is 2. The molecule has 0 unspecified atom stereocenters. The van der Waals surface area contributed by atoms with Gasteiger partial charge in [-0.1, -0.05) is 66.2 Å². The average molecular weight is 692 g/mol. The number of ether oxygens (including phenoxy) is 3. The van der Waals surface area contributed by atoms with E-state index in [1.807, 2.05) is 18.2 Å². The summed E-state index contributed by atoms with van der Waals surface area (Å²) < 4.78 is 31.1. The minimum absolute atomic E-state index is 0.0245. The van der Waals surface area contributed by atoms with Gasteiger partial charge >= 0.3 is 0 Å². The SMILES string of the molecule is COc1cc2ncnc(Nc3ccc(F)c(Cl)c3)c2cc1OCCCCCNCc1ccc(-c2cccc(-c3ccccc3)c2C)nc1OC. The molecule has 0 atom stereocenters. The van der Waals surface area contributed by atoms with Gasteiger partial charge in [0.2, 0.25) is 5.88 Å². The Morgan fingerprint density at radius 2 is 1.64 bits per heavy atom. The van der Waals surface area contributed by atoms with Crippen molar-refractivity contribution < 1.29 is 18.6 Å². The molecule has 50 heavy (non-hydrogen) atoms. The molecule has 6 rings (SSSR count). The zero-order valence-electron chi connectivity index (χ0n) is 28.3. The molecule has 256 valence electrons. The smallest absolute Gasteiger partial charge is 0.218 e. The van der Waals surface area contributed by atoms with Crippen molar-refractivity contribution in [3.05, 3.63) is 119 Å². The normalized spacial score (nSPS) is 11.1. The molecule has 0 saturated carbocycles. The number of benzene rings is 4. The van der Waals surface area contributed by atoms with E-state index in [-0.39, 0.29) is 5.02 Å². The highest BCUT2D eigenvalue weighted by molar-refractivity contribution is 6.31. The van der Waals surface area contributed by atoms with Gasteiger partial charge in [0.15, 0.2) is 11.5 Å². The molecule has 0 radical (unpaired) electrons. The molecule has 4 aromatic carbocycles. The van der Waals surface area contributed by atoms with Gasteiger partial charge in [-0.15, -0.1) is 0 Å². The third-order valence-electron chi connectivity index (χ3n) is 8.50. The summed E-state index contributed by atoms with van der Waals surface area (Å²) in [5, 5.41) is 7.49. The largest absolute Gasteiger partial charge is 0.493 e. The van der Waals surface area contributed by atoms with Crippen molar-refractivity contribution in [1.29, 1.82) is 0 Å². The van der Waals surface area contributed by atoms with Crippen LogP contribution in [-0.4, -0.2) is 42.3 Å². The van der Waals surface area contributed by atoms with Crippen LogP contribution in [0.25, 0.3) is 33.3 Å². The molecule has 0 aliphatic carbocycles. The highest BCUT2D eigenvalue weighted by atomic mass is 35.5. The second-order valence-electron chi connectivity index (χ2n) is 11.8. The molecule has 2 heterocycles. The maximum atomic E-state index is 13.7. The predicted molar refractivity (Wildman–Crippen MR) is 198 cm³/mol. The van der Waals surface area contributed by atoms with Crippen molar-refractivity contribution in [3.8, 4) is 39.8 Å². The molecule has 0 saturated heterocycles. The Bertz CT molecular complexity index is 2080. The minimum atomic E-state index is -0.486. The van der Waals surface area contributed by atoms with E-state index < -0.39 is 5.82 Å². The molecular weight excluding hydrogens is 653 g/mol. The first-order chi connectivity index (χ1) is 24.4. The van der Waals surface area contributed by atoms with Crippen LogP contribution in [0.15, 0.2) is 97.3 Å². The molecule has 0 amide bonds. The Morgan fingerprint density at radius 1 is 0.800 bits per heavy atom.